The largest absolute Gasteiger partial charge is 0.481 e. The molecule has 0 fully saturated rings. The number of amides is 1. The fourth-order valence-corrected chi connectivity index (χ4v) is 2.48. The molecule has 3 rings (SSSR count). The third-order valence-corrected chi connectivity index (χ3v) is 3.78. The summed E-state index contributed by atoms with van der Waals surface area (Å²) >= 11 is 0. The highest BCUT2D eigenvalue weighted by Gasteiger charge is 2.15. The Bertz CT molecular complexity index is 831. The molecule has 1 N–H and O–H groups in total. The average Bonchev–Trinajstić information content (AvgIpc) is 3.02. The first-order valence-corrected chi connectivity index (χ1v) is 8.06. The number of hydrogen-bond donors (Lipinski definition) is 1. The zero-order chi connectivity index (χ0) is 17.6. The van der Waals surface area contributed by atoms with Crippen molar-refractivity contribution < 1.29 is 9.53 Å². The zero-order valence-corrected chi connectivity index (χ0v) is 14.2. The molecule has 2 aromatic heterocycles. The molecule has 6 heteroatoms. The smallest absolute Gasteiger partial charge is 0.261 e. The molecule has 25 heavy (non-hydrogen) atoms. The lowest BCUT2D eigenvalue weighted by Crippen LogP contribution is -2.36. The van der Waals surface area contributed by atoms with Crippen LogP contribution in [0, 0.1) is 0 Å². The molecule has 1 amide bonds. The minimum absolute atomic E-state index is 0.181. The summed E-state index contributed by atoms with van der Waals surface area (Å²) in [6.07, 6.45) is 2.91. The van der Waals surface area contributed by atoms with Crippen molar-refractivity contribution in [3.8, 4) is 17.0 Å². The van der Waals surface area contributed by atoms with Crippen molar-refractivity contribution in [2.24, 2.45) is 7.05 Å². The van der Waals surface area contributed by atoms with Crippen molar-refractivity contribution in [3.63, 3.8) is 0 Å². The summed E-state index contributed by atoms with van der Waals surface area (Å²) in [5.74, 6) is 0.489. The molecule has 3 aromatic rings. The van der Waals surface area contributed by atoms with Gasteiger partial charge in [-0.25, -0.2) is 0 Å². The maximum absolute atomic E-state index is 12.2. The first-order chi connectivity index (χ1) is 12.1. The molecule has 0 aliphatic carbocycles. The Labute approximate surface area is 146 Å². The fourth-order valence-electron chi connectivity index (χ4n) is 2.48. The van der Waals surface area contributed by atoms with Crippen LogP contribution in [0.2, 0.25) is 0 Å². The quantitative estimate of drug-likeness (QED) is 0.751. The summed E-state index contributed by atoms with van der Waals surface area (Å²) in [6.45, 7) is 2.07. The number of ether oxygens (including phenoxy) is 1. The summed E-state index contributed by atoms with van der Waals surface area (Å²) in [6, 6.07) is 15.1. The van der Waals surface area contributed by atoms with Gasteiger partial charge in [-0.3, -0.25) is 14.5 Å². The van der Waals surface area contributed by atoms with Gasteiger partial charge >= 0.3 is 0 Å². The van der Waals surface area contributed by atoms with Gasteiger partial charge in [0.1, 0.15) is 5.75 Å². The normalized spacial score (nSPS) is 11.8. The maximum atomic E-state index is 12.2. The Morgan fingerprint density at radius 1 is 1.20 bits per heavy atom. The first kappa shape index (κ1) is 16.7. The van der Waals surface area contributed by atoms with Crippen molar-refractivity contribution >= 4 is 5.91 Å². The number of carbonyl (C=O) groups excluding carboxylic acids is 1. The number of benzene rings is 1. The topological polar surface area (TPSA) is 69.0 Å². The van der Waals surface area contributed by atoms with Crippen LogP contribution in [-0.4, -0.2) is 26.8 Å². The van der Waals surface area contributed by atoms with Crippen LogP contribution in [0.25, 0.3) is 11.3 Å². The number of para-hydroxylation sites is 1. The Hall–Kier alpha value is -3.15. The summed E-state index contributed by atoms with van der Waals surface area (Å²) < 4.78 is 7.41. The highest BCUT2D eigenvalue weighted by Crippen LogP contribution is 2.18. The van der Waals surface area contributed by atoms with Crippen LogP contribution in [0.3, 0.4) is 0 Å². The van der Waals surface area contributed by atoms with E-state index in [1.165, 1.54) is 0 Å². The molecule has 1 aromatic carbocycles. The highest BCUT2D eigenvalue weighted by atomic mass is 16.5. The standard InChI is InChI=1S/C19H20N4O2/c1-14(25-17-6-4-3-5-7-17)19(24)21-13-16-12-18(23(2)22-16)15-8-10-20-11-9-15/h3-12,14H,13H2,1-2H3,(H,21,24)/t14-/m1/s1. The molecule has 2 heterocycles. The Morgan fingerprint density at radius 3 is 2.64 bits per heavy atom. The van der Waals surface area contributed by atoms with Crippen LogP contribution in [0.4, 0.5) is 0 Å². The lowest BCUT2D eigenvalue weighted by atomic mass is 10.2. The monoisotopic (exact) mass is 336 g/mol. The van der Waals surface area contributed by atoms with Gasteiger partial charge in [-0.05, 0) is 37.3 Å². The molecule has 0 saturated carbocycles. The second kappa shape index (κ2) is 7.61. The zero-order valence-electron chi connectivity index (χ0n) is 14.2. The van der Waals surface area contributed by atoms with E-state index in [1.54, 1.807) is 24.0 Å². The van der Waals surface area contributed by atoms with Gasteiger partial charge in [-0.15, -0.1) is 0 Å². The van der Waals surface area contributed by atoms with E-state index in [4.69, 9.17) is 4.74 Å². The Kier molecular flexibility index (Phi) is 5.09. The Morgan fingerprint density at radius 2 is 1.92 bits per heavy atom. The fraction of sp³-hybridized carbons (Fsp3) is 0.211. The molecule has 0 bridgehead atoms. The summed E-state index contributed by atoms with van der Waals surface area (Å²) in [5.41, 5.74) is 2.79. The van der Waals surface area contributed by atoms with Crippen LogP contribution in [0.15, 0.2) is 60.9 Å². The molecule has 6 nitrogen and oxygen atoms in total. The van der Waals surface area contributed by atoms with Crippen LogP contribution in [0.5, 0.6) is 5.75 Å². The lowest BCUT2D eigenvalue weighted by Gasteiger charge is -2.14. The molecule has 0 saturated heterocycles. The van der Waals surface area contributed by atoms with E-state index in [2.05, 4.69) is 15.4 Å². The van der Waals surface area contributed by atoms with Crippen molar-refractivity contribution in [2.45, 2.75) is 19.6 Å². The average molecular weight is 336 g/mol. The van der Waals surface area contributed by atoms with Gasteiger partial charge in [0, 0.05) is 25.0 Å². The molecule has 1 atom stereocenters. The Balaban J connectivity index is 1.59. The van der Waals surface area contributed by atoms with E-state index in [0.717, 1.165) is 17.0 Å². The minimum atomic E-state index is -0.578. The number of nitrogens with one attached hydrogen (secondary N) is 1. The predicted molar refractivity (Wildman–Crippen MR) is 94.8 cm³/mol. The van der Waals surface area contributed by atoms with Gasteiger partial charge < -0.3 is 10.1 Å². The third kappa shape index (κ3) is 4.23. The minimum Gasteiger partial charge on any atom is -0.481 e. The van der Waals surface area contributed by atoms with Gasteiger partial charge in [-0.1, -0.05) is 18.2 Å². The van der Waals surface area contributed by atoms with Crippen molar-refractivity contribution in [1.29, 1.82) is 0 Å². The number of aryl methyl sites for hydroxylation is 1. The number of aromatic nitrogens is 3. The van der Waals surface area contributed by atoms with Crippen LogP contribution in [0.1, 0.15) is 12.6 Å². The highest BCUT2D eigenvalue weighted by molar-refractivity contribution is 5.80. The predicted octanol–water partition coefficient (Wildman–Crippen LogP) is 2.57. The molecule has 0 unspecified atom stereocenters. The number of hydrogen-bond acceptors (Lipinski definition) is 4. The van der Waals surface area contributed by atoms with E-state index in [0.29, 0.717) is 12.3 Å². The number of pyridine rings is 1. The van der Waals surface area contributed by atoms with Gasteiger partial charge in [-0.2, -0.15) is 5.10 Å². The second-order valence-corrected chi connectivity index (χ2v) is 5.67. The number of rotatable bonds is 6. The molecule has 0 aliphatic rings. The van der Waals surface area contributed by atoms with E-state index >= 15 is 0 Å². The number of nitrogens with zero attached hydrogens (tertiary/aromatic N) is 3. The van der Waals surface area contributed by atoms with Gasteiger partial charge in [0.25, 0.3) is 5.91 Å². The van der Waals surface area contributed by atoms with Crippen molar-refractivity contribution in [1.82, 2.24) is 20.1 Å². The van der Waals surface area contributed by atoms with Gasteiger partial charge in [0.05, 0.1) is 17.9 Å². The summed E-state index contributed by atoms with van der Waals surface area (Å²) in [4.78, 5) is 16.2. The first-order valence-electron chi connectivity index (χ1n) is 8.06. The number of carbonyl (C=O) groups is 1. The van der Waals surface area contributed by atoms with Crippen LogP contribution < -0.4 is 10.1 Å². The molecule has 0 radical (unpaired) electrons. The molecule has 128 valence electrons. The van der Waals surface area contributed by atoms with Crippen LogP contribution >= 0.6 is 0 Å². The van der Waals surface area contributed by atoms with E-state index in [-0.39, 0.29) is 5.91 Å². The maximum Gasteiger partial charge on any atom is 0.261 e. The van der Waals surface area contributed by atoms with Gasteiger partial charge in [0.2, 0.25) is 0 Å². The van der Waals surface area contributed by atoms with Crippen molar-refractivity contribution in [3.05, 3.63) is 66.6 Å². The van der Waals surface area contributed by atoms with Gasteiger partial charge in [0.15, 0.2) is 6.10 Å². The van der Waals surface area contributed by atoms with E-state index in [1.807, 2.05) is 55.6 Å². The summed E-state index contributed by atoms with van der Waals surface area (Å²) in [7, 11) is 1.88. The summed E-state index contributed by atoms with van der Waals surface area (Å²) in [5, 5.41) is 7.30. The molecular formula is C19H20N4O2. The van der Waals surface area contributed by atoms with E-state index < -0.39 is 6.10 Å². The van der Waals surface area contributed by atoms with Crippen molar-refractivity contribution in [2.75, 3.05) is 0 Å². The lowest BCUT2D eigenvalue weighted by molar-refractivity contribution is -0.127. The van der Waals surface area contributed by atoms with Crippen LogP contribution in [-0.2, 0) is 18.4 Å². The molecule has 0 aliphatic heterocycles. The molecular weight excluding hydrogens is 316 g/mol. The third-order valence-electron chi connectivity index (χ3n) is 3.78. The second-order valence-electron chi connectivity index (χ2n) is 5.67. The molecule has 0 spiro atoms. The van der Waals surface area contributed by atoms with E-state index in [9.17, 15) is 4.79 Å². The SMILES string of the molecule is C[C@@H](Oc1ccccc1)C(=O)NCc1cc(-c2ccncc2)n(C)n1.